The number of non-ortho nitro benzene ring substituents is 1. The summed E-state index contributed by atoms with van der Waals surface area (Å²) in [6.07, 6.45) is 0. The SMILES string of the molecule is O=C1c2cc(N=Nc3c(O)c(CONc4ccc([N+](=O)[O-])cc4)cc4ccccc34)ccc2-c2ccc(N=Nc3c(O)c(C(=O)Nc4ccccc4)cc4ccccc34)cc21. The van der Waals surface area contributed by atoms with E-state index in [1.807, 2.05) is 42.5 Å². The van der Waals surface area contributed by atoms with Gasteiger partial charge in [0, 0.05) is 45.3 Å². The summed E-state index contributed by atoms with van der Waals surface area (Å²) >= 11 is 0. The Kier molecular flexibility index (Phi) is 9.93. The van der Waals surface area contributed by atoms with Gasteiger partial charge in [-0.05, 0) is 82.6 Å². The molecule has 9 rings (SSSR count). The second-order valence-corrected chi connectivity index (χ2v) is 14.0. The minimum absolute atomic E-state index is 0.0308. The zero-order chi connectivity index (χ0) is 42.0. The van der Waals surface area contributed by atoms with Crippen LogP contribution in [0.2, 0.25) is 0 Å². The maximum atomic E-state index is 13.8. The van der Waals surface area contributed by atoms with E-state index >= 15 is 0 Å². The zero-order valence-electron chi connectivity index (χ0n) is 31.8. The minimum Gasteiger partial charge on any atom is -0.505 e. The lowest BCUT2D eigenvalue weighted by Gasteiger charge is -2.12. The molecule has 0 aromatic heterocycles. The molecule has 0 saturated heterocycles. The molecule has 8 aromatic carbocycles. The number of carbonyl (C=O) groups excluding carboxylic acids is 2. The minimum atomic E-state index is -0.509. The lowest BCUT2D eigenvalue weighted by molar-refractivity contribution is -0.384. The number of anilines is 2. The lowest BCUT2D eigenvalue weighted by atomic mass is 10.0. The van der Waals surface area contributed by atoms with E-state index in [-0.39, 0.29) is 46.5 Å². The van der Waals surface area contributed by atoms with Gasteiger partial charge in [-0.15, -0.1) is 10.2 Å². The van der Waals surface area contributed by atoms with Gasteiger partial charge in [0.2, 0.25) is 0 Å². The Hall–Kier alpha value is -8.62. The number of nitrogens with one attached hydrogen (secondary N) is 2. The standard InChI is InChI=1S/C47H31N7O7/c55-44-29(26-61-53-31-14-18-34(19-15-31)54(59)60)22-27-8-4-6-12-35(27)42(44)51-49-32-16-20-37-38-21-17-33(25-40(38)45(56)39(37)24-32)50-52-43-36-13-7-5-9-28(36)23-41(46(43)57)47(58)48-30-10-2-1-3-11-30/h1-25,53,55,57H,26H2,(H,48,58). The van der Waals surface area contributed by atoms with Crippen LogP contribution in [0.15, 0.2) is 172 Å². The molecule has 0 bridgehead atoms. The number of azo groups is 2. The number of nitro benzene ring substituents is 1. The fraction of sp³-hybridized carbons (Fsp3) is 0.0213. The number of benzene rings is 8. The molecule has 14 heteroatoms. The van der Waals surface area contributed by atoms with Crippen molar-refractivity contribution in [2.75, 3.05) is 10.8 Å². The monoisotopic (exact) mass is 805 g/mol. The fourth-order valence-corrected chi connectivity index (χ4v) is 7.14. The number of phenols is 2. The normalized spacial score (nSPS) is 12.0. The van der Waals surface area contributed by atoms with Crippen LogP contribution in [0.1, 0.15) is 31.8 Å². The summed E-state index contributed by atoms with van der Waals surface area (Å²) in [6, 6.07) is 42.8. The number of phenolic OH excluding ortho intramolecular Hbond substituents is 2. The van der Waals surface area contributed by atoms with Crippen LogP contribution in [0.3, 0.4) is 0 Å². The summed E-state index contributed by atoms with van der Waals surface area (Å²) < 4.78 is 0. The van der Waals surface area contributed by atoms with E-state index in [1.54, 1.807) is 84.9 Å². The van der Waals surface area contributed by atoms with Crippen LogP contribution in [0, 0.1) is 10.1 Å². The molecule has 0 radical (unpaired) electrons. The molecule has 1 aliphatic carbocycles. The molecule has 14 nitrogen and oxygen atoms in total. The van der Waals surface area contributed by atoms with Crippen molar-refractivity contribution in [3.63, 3.8) is 0 Å². The van der Waals surface area contributed by atoms with E-state index < -0.39 is 10.8 Å². The van der Waals surface area contributed by atoms with Gasteiger partial charge in [0.15, 0.2) is 11.5 Å². The van der Waals surface area contributed by atoms with Crippen molar-refractivity contribution in [2.45, 2.75) is 6.61 Å². The molecule has 1 aliphatic rings. The predicted molar refractivity (Wildman–Crippen MR) is 231 cm³/mol. The van der Waals surface area contributed by atoms with Crippen molar-refractivity contribution in [3.05, 3.63) is 184 Å². The van der Waals surface area contributed by atoms with Crippen LogP contribution in [0.4, 0.5) is 39.8 Å². The number of nitro groups is 1. The average molecular weight is 806 g/mol. The number of aromatic hydroxyl groups is 2. The number of ketones is 1. The Bertz CT molecular complexity index is 3130. The molecule has 4 N–H and O–H groups in total. The van der Waals surface area contributed by atoms with Gasteiger partial charge in [-0.1, -0.05) is 78.9 Å². The molecule has 0 spiro atoms. The van der Waals surface area contributed by atoms with Gasteiger partial charge >= 0.3 is 0 Å². The van der Waals surface area contributed by atoms with E-state index in [0.717, 1.165) is 5.39 Å². The highest BCUT2D eigenvalue weighted by Crippen LogP contribution is 2.44. The Morgan fingerprint density at radius 1 is 0.607 bits per heavy atom. The quantitative estimate of drug-likeness (QED) is 0.0561. The topological polar surface area (TPSA) is 200 Å². The Balaban J connectivity index is 0.955. The summed E-state index contributed by atoms with van der Waals surface area (Å²) in [5.41, 5.74) is 7.46. The smallest absolute Gasteiger partial charge is 0.269 e. The van der Waals surface area contributed by atoms with Gasteiger partial charge < -0.3 is 15.5 Å². The number of hydrogen-bond acceptors (Lipinski definition) is 12. The zero-order valence-corrected chi connectivity index (χ0v) is 31.8. The lowest BCUT2D eigenvalue weighted by Crippen LogP contribution is -2.12. The van der Waals surface area contributed by atoms with Crippen molar-refractivity contribution in [1.82, 2.24) is 0 Å². The maximum Gasteiger partial charge on any atom is 0.269 e. The largest absolute Gasteiger partial charge is 0.505 e. The highest BCUT2D eigenvalue weighted by atomic mass is 16.6. The van der Waals surface area contributed by atoms with Gasteiger partial charge in [0.05, 0.1) is 27.5 Å². The predicted octanol–water partition coefficient (Wildman–Crippen LogP) is 12.2. The molecule has 0 saturated carbocycles. The summed E-state index contributed by atoms with van der Waals surface area (Å²) in [5.74, 6) is -1.24. The number of fused-ring (bicyclic) bond motifs is 5. The fourth-order valence-electron chi connectivity index (χ4n) is 7.14. The van der Waals surface area contributed by atoms with Gasteiger partial charge in [0.1, 0.15) is 23.7 Å². The number of hydrogen-bond donors (Lipinski definition) is 4. The highest BCUT2D eigenvalue weighted by molar-refractivity contribution is 6.22. The van der Waals surface area contributed by atoms with Crippen molar-refractivity contribution in [1.29, 1.82) is 0 Å². The molecule has 0 atom stereocenters. The van der Waals surface area contributed by atoms with Crippen LogP contribution >= 0.6 is 0 Å². The maximum absolute atomic E-state index is 13.8. The first-order chi connectivity index (χ1) is 29.7. The van der Waals surface area contributed by atoms with E-state index in [0.29, 0.717) is 66.7 Å². The van der Waals surface area contributed by atoms with Crippen LogP contribution < -0.4 is 10.8 Å². The van der Waals surface area contributed by atoms with E-state index in [9.17, 15) is 29.9 Å². The van der Waals surface area contributed by atoms with Crippen LogP contribution in [0.25, 0.3) is 32.7 Å². The summed E-state index contributed by atoms with van der Waals surface area (Å²) in [6.45, 7) is -0.0701. The third-order valence-corrected chi connectivity index (χ3v) is 10.2. The van der Waals surface area contributed by atoms with Crippen molar-refractivity contribution in [3.8, 4) is 22.6 Å². The highest BCUT2D eigenvalue weighted by Gasteiger charge is 2.28. The van der Waals surface area contributed by atoms with Crippen LogP contribution in [0.5, 0.6) is 11.5 Å². The van der Waals surface area contributed by atoms with Crippen LogP contribution in [-0.4, -0.2) is 26.8 Å². The van der Waals surface area contributed by atoms with Gasteiger partial charge in [-0.3, -0.25) is 30.0 Å². The Morgan fingerprint density at radius 3 is 1.77 bits per heavy atom. The molecular weight excluding hydrogens is 775 g/mol. The molecule has 0 heterocycles. The van der Waals surface area contributed by atoms with Crippen LogP contribution in [-0.2, 0) is 11.4 Å². The first kappa shape index (κ1) is 37.9. The van der Waals surface area contributed by atoms with Crippen molar-refractivity contribution >= 4 is 73.0 Å². The summed E-state index contributed by atoms with van der Waals surface area (Å²) in [5, 5.41) is 56.8. The molecule has 0 aliphatic heterocycles. The van der Waals surface area contributed by atoms with Gasteiger partial charge in [-0.25, -0.2) is 0 Å². The second-order valence-electron chi connectivity index (χ2n) is 14.0. The average Bonchev–Trinajstić information content (AvgIpc) is 3.55. The molecular formula is C47H31N7O7. The molecule has 0 unspecified atom stereocenters. The summed E-state index contributed by atoms with van der Waals surface area (Å²) in [7, 11) is 0. The third kappa shape index (κ3) is 7.48. The Labute approximate surface area is 346 Å². The Morgan fingerprint density at radius 2 is 1.16 bits per heavy atom. The number of amides is 1. The number of para-hydroxylation sites is 1. The first-order valence-corrected chi connectivity index (χ1v) is 18.9. The number of nitrogens with zero attached hydrogens (tertiary/aromatic N) is 5. The van der Waals surface area contributed by atoms with E-state index in [1.165, 1.54) is 24.3 Å². The number of carbonyl (C=O) groups is 2. The number of rotatable bonds is 11. The molecule has 8 aromatic rings. The molecule has 1 amide bonds. The van der Waals surface area contributed by atoms with Crippen molar-refractivity contribution < 1.29 is 29.6 Å². The first-order valence-electron chi connectivity index (χ1n) is 18.9. The van der Waals surface area contributed by atoms with E-state index in [4.69, 9.17) is 4.84 Å². The van der Waals surface area contributed by atoms with Gasteiger partial charge in [-0.2, -0.15) is 10.2 Å². The molecule has 61 heavy (non-hydrogen) atoms. The van der Waals surface area contributed by atoms with Gasteiger partial charge in [0.25, 0.3) is 11.6 Å². The molecule has 0 fully saturated rings. The third-order valence-electron chi connectivity index (χ3n) is 10.2. The van der Waals surface area contributed by atoms with Crippen molar-refractivity contribution in [2.24, 2.45) is 20.5 Å². The van der Waals surface area contributed by atoms with E-state index in [2.05, 4.69) is 31.3 Å². The summed E-state index contributed by atoms with van der Waals surface area (Å²) in [4.78, 5) is 43.2. The molecule has 296 valence electrons. The second kappa shape index (κ2) is 16.0.